The van der Waals surface area contributed by atoms with E-state index in [1.807, 2.05) is 24.3 Å². The molecule has 0 radical (unpaired) electrons. The Hall–Kier alpha value is -3.71. The van der Waals surface area contributed by atoms with Crippen LogP contribution < -0.4 is 20.9 Å². The maximum Gasteiger partial charge on any atom is 0.265 e. The molecule has 0 fully saturated rings. The van der Waals surface area contributed by atoms with E-state index in [9.17, 15) is 14.4 Å². The average Bonchev–Trinajstić information content (AvgIpc) is 3.22. The highest BCUT2D eigenvalue weighted by molar-refractivity contribution is 6.36. The SMILES string of the molecule is CC(=O)N1CCc2ccc(N3C(=O)c4cccc5c(NCCCN)ccc(c45)C3=O)cc21. The molecule has 3 amide bonds. The van der Waals surface area contributed by atoms with E-state index in [0.717, 1.165) is 35.2 Å². The molecule has 32 heavy (non-hydrogen) atoms. The van der Waals surface area contributed by atoms with Crippen molar-refractivity contribution in [3.05, 3.63) is 65.2 Å². The van der Waals surface area contributed by atoms with Crippen LogP contribution in [0.3, 0.4) is 0 Å². The van der Waals surface area contributed by atoms with Crippen LogP contribution in [-0.4, -0.2) is 37.4 Å². The largest absolute Gasteiger partial charge is 0.384 e. The van der Waals surface area contributed by atoms with Crippen LogP contribution in [0.15, 0.2) is 48.5 Å². The summed E-state index contributed by atoms with van der Waals surface area (Å²) >= 11 is 0. The van der Waals surface area contributed by atoms with E-state index in [0.29, 0.717) is 41.8 Å². The average molecular weight is 428 g/mol. The molecule has 0 unspecified atom stereocenters. The molecule has 0 spiro atoms. The van der Waals surface area contributed by atoms with Gasteiger partial charge in [0.15, 0.2) is 0 Å². The Morgan fingerprint density at radius 2 is 1.84 bits per heavy atom. The number of fused-ring (bicyclic) bond motifs is 1. The molecule has 0 aromatic heterocycles. The maximum atomic E-state index is 13.5. The molecule has 2 heterocycles. The van der Waals surface area contributed by atoms with E-state index < -0.39 is 0 Å². The lowest BCUT2D eigenvalue weighted by atomic mass is 9.92. The summed E-state index contributed by atoms with van der Waals surface area (Å²) in [7, 11) is 0. The summed E-state index contributed by atoms with van der Waals surface area (Å²) in [6.07, 6.45) is 1.59. The fourth-order valence-corrected chi connectivity index (χ4v) is 4.64. The first-order valence-corrected chi connectivity index (χ1v) is 10.8. The minimum Gasteiger partial charge on any atom is -0.384 e. The molecule has 162 valence electrons. The highest BCUT2D eigenvalue weighted by atomic mass is 16.2. The van der Waals surface area contributed by atoms with Crippen LogP contribution in [0, 0.1) is 0 Å². The molecule has 0 saturated carbocycles. The highest BCUT2D eigenvalue weighted by Gasteiger charge is 2.35. The summed E-state index contributed by atoms with van der Waals surface area (Å²) in [5, 5.41) is 4.87. The number of hydrogen-bond acceptors (Lipinski definition) is 5. The predicted octanol–water partition coefficient (Wildman–Crippen LogP) is 3.31. The topological polar surface area (TPSA) is 95.7 Å². The number of amides is 3. The summed E-state index contributed by atoms with van der Waals surface area (Å²) in [5.74, 6) is -0.777. The predicted molar refractivity (Wildman–Crippen MR) is 125 cm³/mol. The van der Waals surface area contributed by atoms with Crippen molar-refractivity contribution in [1.82, 2.24) is 0 Å². The first-order valence-electron chi connectivity index (χ1n) is 10.8. The fourth-order valence-electron chi connectivity index (χ4n) is 4.64. The number of nitrogens with two attached hydrogens (primary N) is 1. The zero-order valence-corrected chi connectivity index (χ0v) is 17.9. The second kappa shape index (κ2) is 7.76. The number of anilines is 3. The van der Waals surface area contributed by atoms with Crippen molar-refractivity contribution in [3.8, 4) is 0 Å². The Kier molecular flexibility index (Phi) is 4.90. The minimum absolute atomic E-state index is 0.0537. The van der Waals surface area contributed by atoms with Gasteiger partial charge in [-0.1, -0.05) is 18.2 Å². The molecular formula is C25H24N4O3. The Morgan fingerprint density at radius 1 is 1.06 bits per heavy atom. The van der Waals surface area contributed by atoms with Gasteiger partial charge in [0.25, 0.3) is 11.8 Å². The van der Waals surface area contributed by atoms with Gasteiger partial charge >= 0.3 is 0 Å². The van der Waals surface area contributed by atoms with Crippen molar-refractivity contribution in [2.45, 2.75) is 19.8 Å². The Labute approximate surface area is 185 Å². The van der Waals surface area contributed by atoms with E-state index in [-0.39, 0.29) is 17.7 Å². The van der Waals surface area contributed by atoms with E-state index in [4.69, 9.17) is 5.73 Å². The van der Waals surface area contributed by atoms with Crippen molar-refractivity contribution < 1.29 is 14.4 Å². The van der Waals surface area contributed by atoms with Crippen molar-refractivity contribution in [2.24, 2.45) is 5.73 Å². The van der Waals surface area contributed by atoms with E-state index >= 15 is 0 Å². The third kappa shape index (κ3) is 3.05. The van der Waals surface area contributed by atoms with Crippen LogP contribution in [0.1, 0.15) is 39.6 Å². The van der Waals surface area contributed by atoms with Gasteiger partial charge in [0.2, 0.25) is 5.91 Å². The van der Waals surface area contributed by atoms with Gasteiger partial charge in [0, 0.05) is 53.3 Å². The molecule has 3 aromatic rings. The summed E-state index contributed by atoms with van der Waals surface area (Å²) < 4.78 is 0. The molecule has 3 aromatic carbocycles. The Balaban J connectivity index is 1.59. The number of imide groups is 1. The van der Waals surface area contributed by atoms with Crippen molar-refractivity contribution in [3.63, 3.8) is 0 Å². The first-order chi connectivity index (χ1) is 15.5. The van der Waals surface area contributed by atoms with E-state index in [1.54, 1.807) is 29.2 Å². The number of carbonyl (C=O) groups excluding carboxylic acids is 3. The van der Waals surface area contributed by atoms with Gasteiger partial charge in [-0.05, 0) is 55.3 Å². The Bertz CT molecular complexity index is 1260. The van der Waals surface area contributed by atoms with Gasteiger partial charge in [-0.2, -0.15) is 0 Å². The van der Waals surface area contributed by atoms with Crippen LogP contribution in [0.25, 0.3) is 10.8 Å². The number of carbonyl (C=O) groups is 3. The van der Waals surface area contributed by atoms with Crippen molar-refractivity contribution in [2.75, 3.05) is 34.8 Å². The smallest absolute Gasteiger partial charge is 0.265 e. The third-order valence-electron chi connectivity index (χ3n) is 6.21. The zero-order valence-electron chi connectivity index (χ0n) is 17.9. The van der Waals surface area contributed by atoms with Crippen LogP contribution in [-0.2, 0) is 11.2 Å². The molecule has 3 N–H and O–H groups in total. The number of nitrogens with one attached hydrogen (secondary N) is 1. The van der Waals surface area contributed by atoms with E-state index in [1.165, 1.54) is 11.8 Å². The van der Waals surface area contributed by atoms with Crippen LogP contribution in [0.5, 0.6) is 0 Å². The number of benzene rings is 3. The molecule has 7 heteroatoms. The molecule has 0 bridgehead atoms. The molecular weight excluding hydrogens is 404 g/mol. The van der Waals surface area contributed by atoms with Crippen molar-refractivity contribution >= 4 is 45.6 Å². The number of nitrogens with zero attached hydrogens (tertiary/aromatic N) is 2. The lowest BCUT2D eigenvalue weighted by Crippen LogP contribution is -2.40. The summed E-state index contributed by atoms with van der Waals surface area (Å²) in [6.45, 7) is 3.43. The normalized spacial score (nSPS) is 14.8. The maximum absolute atomic E-state index is 13.5. The van der Waals surface area contributed by atoms with Crippen LogP contribution >= 0.6 is 0 Å². The second-order valence-electron chi connectivity index (χ2n) is 8.14. The first kappa shape index (κ1) is 20.2. The number of rotatable bonds is 5. The summed E-state index contributed by atoms with van der Waals surface area (Å²) in [6, 6.07) is 14.6. The fraction of sp³-hybridized carbons (Fsp3) is 0.240. The lowest BCUT2D eigenvalue weighted by Gasteiger charge is -2.28. The monoisotopic (exact) mass is 428 g/mol. The van der Waals surface area contributed by atoms with E-state index in [2.05, 4.69) is 5.32 Å². The highest BCUT2D eigenvalue weighted by Crippen LogP contribution is 2.38. The molecule has 2 aliphatic rings. The molecule has 0 atom stereocenters. The third-order valence-corrected chi connectivity index (χ3v) is 6.21. The summed E-state index contributed by atoms with van der Waals surface area (Å²) in [4.78, 5) is 41.9. The summed E-state index contributed by atoms with van der Waals surface area (Å²) in [5.41, 5.74) is 9.72. The quantitative estimate of drug-likeness (QED) is 0.480. The van der Waals surface area contributed by atoms with Gasteiger partial charge < -0.3 is 16.0 Å². The molecule has 7 nitrogen and oxygen atoms in total. The molecule has 0 saturated heterocycles. The molecule has 2 aliphatic heterocycles. The lowest BCUT2D eigenvalue weighted by molar-refractivity contribution is -0.116. The van der Waals surface area contributed by atoms with Gasteiger partial charge in [-0.25, -0.2) is 4.90 Å². The van der Waals surface area contributed by atoms with Gasteiger partial charge in [-0.3, -0.25) is 14.4 Å². The molecule has 5 rings (SSSR count). The van der Waals surface area contributed by atoms with Crippen molar-refractivity contribution in [1.29, 1.82) is 0 Å². The molecule has 0 aliphatic carbocycles. The number of hydrogen-bond donors (Lipinski definition) is 2. The minimum atomic E-state index is -0.362. The van der Waals surface area contributed by atoms with Gasteiger partial charge in [0.1, 0.15) is 0 Å². The standard InChI is InChI=1S/C25H24N4O3/c1-15(30)28-13-10-16-6-7-17(14-22(16)28)29-24(31)19-5-2-4-18-21(27-12-3-11-26)9-8-20(23(18)19)25(29)32/h2,4-9,14,27H,3,10-13,26H2,1H3. The van der Waals surface area contributed by atoms with Crippen LogP contribution in [0.4, 0.5) is 17.1 Å². The Morgan fingerprint density at radius 3 is 2.59 bits per heavy atom. The zero-order chi connectivity index (χ0) is 22.4. The van der Waals surface area contributed by atoms with Crippen LogP contribution in [0.2, 0.25) is 0 Å². The second-order valence-corrected chi connectivity index (χ2v) is 8.14. The van der Waals surface area contributed by atoms with Gasteiger partial charge in [0.05, 0.1) is 5.69 Å². The van der Waals surface area contributed by atoms with Gasteiger partial charge in [-0.15, -0.1) is 0 Å².